The molecule has 0 aliphatic heterocycles. The molecule has 0 saturated heterocycles. The summed E-state index contributed by atoms with van der Waals surface area (Å²) in [6.45, 7) is 14.7. The van der Waals surface area contributed by atoms with Gasteiger partial charge in [0.2, 0.25) is 0 Å². The van der Waals surface area contributed by atoms with Crippen LogP contribution in [0.5, 0.6) is 0 Å². The smallest absolute Gasteiger partial charge is 0.104 e. The molecule has 0 fully saturated rings. The first-order chi connectivity index (χ1) is 13.1. The lowest BCUT2D eigenvalue weighted by molar-refractivity contribution is 0.0197. The predicted octanol–water partition coefficient (Wildman–Crippen LogP) is 3.51. The van der Waals surface area contributed by atoms with Gasteiger partial charge < -0.3 is 25.3 Å². The lowest BCUT2D eigenvalue weighted by Gasteiger charge is -2.20. The van der Waals surface area contributed by atoms with E-state index < -0.39 is 0 Å². The van der Waals surface area contributed by atoms with E-state index in [0.717, 1.165) is 24.4 Å². The summed E-state index contributed by atoms with van der Waals surface area (Å²) < 4.78 is 16.4. The molecular formula is C21H43N3O3. The molecule has 0 aliphatic rings. The first-order valence-corrected chi connectivity index (χ1v) is 10.5. The Hall–Kier alpha value is -0.950. The molecule has 0 saturated carbocycles. The Bertz CT molecular complexity index is 400. The number of allylic oxidation sites excluding steroid dienone is 1. The molecule has 0 radical (unpaired) electrons. The zero-order valence-corrected chi connectivity index (χ0v) is 18.3. The van der Waals surface area contributed by atoms with E-state index in [1.807, 2.05) is 6.92 Å². The van der Waals surface area contributed by atoms with Crippen LogP contribution in [0.1, 0.15) is 60.3 Å². The van der Waals surface area contributed by atoms with Gasteiger partial charge >= 0.3 is 0 Å². The number of nitrogens with zero attached hydrogens (tertiary/aromatic N) is 1. The number of amidine groups is 1. The Morgan fingerprint density at radius 3 is 2.22 bits per heavy atom. The minimum Gasteiger partial charge on any atom is -0.378 e. The van der Waals surface area contributed by atoms with Gasteiger partial charge in [-0.25, -0.2) is 0 Å². The number of hydrogen-bond donors (Lipinski definition) is 2. The highest BCUT2D eigenvalue weighted by molar-refractivity contribution is 5.86. The fourth-order valence-electron chi connectivity index (χ4n) is 2.34. The SMILES string of the molecule is C/C=C(/COCCOCCOCCN)NC(=NC(C)CCCC)C(C)CC. The van der Waals surface area contributed by atoms with Crippen LogP contribution in [0.4, 0.5) is 0 Å². The first-order valence-electron chi connectivity index (χ1n) is 10.5. The zero-order valence-electron chi connectivity index (χ0n) is 18.3. The van der Waals surface area contributed by atoms with E-state index in [1.165, 1.54) is 12.8 Å². The molecule has 0 bridgehead atoms. The Morgan fingerprint density at radius 1 is 1.04 bits per heavy atom. The average molecular weight is 386 g/mol. The van der Waals surface area contributed by atoms with Gasteiger partial charge in [0.15, 0.2) is 0 Å². The summed E-state index contributed by atoms with van der Waals surface area (Å²) in [5.74, 6) is 1.46. The molecule has 0 aromatic rings. The Morgan fingerprint density at radius 2 is 1.67 bits per heavy atom. The van der Waals surface area contributed by atoms with Crippen molar-refractivity contribution in [2.45, 2.75) is 66.3 Å². The highest BCUT2D eigenvalue weighted by atomic mass is 16.5. The molecule has 0 heterocycles. The largest absolute Gasteiger partial charge is 0.378 e. The van der Waals surface area contributed by atoms with Crippen LogP contribution in [0.3, 0.4) is 0 Å². The minimum absolute atomic E-state index is 0.343. The van der Waals surface area contributed by atoms with Gasteiger partial charge in [0.05, 0.1) is 39.6 Å². The second-order valence-electron chi connectivity index (χ2n) is 6.82. The minimum atomic E-state index is 0.343. The maximum absolute atomic E-state index is 5.73. The zero-order chi connectivity index (χ0) is 20.3. The third kappa shape index (κ3) is 14.7. The number of nitrogens with one attached hydrogen (secondary N) is 1. The summed E-state index contributed by atoms with van der Waals surface area (Å²) in [6, 6.07) is 0.343. The number of unbranched alkanes of at least 4 members (excludes halogenated alkanes) is 1. The van der Waals surface area contributed by atoms with E-state index in [2.05, 4.69) is 39.1 Å². The first kappa shape index (κ1) is 26.1. The van der Waals surface area contributed by atoms with Crippen molar-refractivity contribution in [2.24, 2.45) is 16.6 Å². The van der Waals surface area contributed by atoms with E-state index >= 15 is 0 Å². The molecule has 6 nitrogen and oxygen atoms in total. The third-order valence-corrected chi connectivity index (χ3v) is 4.31. The van der Waals surface area contributed by atoms with Crippen LogP contribution in [0, 0.1) is 5.92 Å². The number of hydrogen-bond acceptors (Lipinski definition) is 5. The quantitative estimate of drug-likeness (QED) is 0.228. The number of nitrogens with two attached hydrogens (primary N) is 1. The summed E-state index contributed by atoms with van der Waals surface area (Å²) in [6.07, 6.45) is 6.67. The van der Waals surface area contributed by atoms with Crippen molar-refractivity contribution >= 4 is 5.84 Å². The molecule has 2 atom stereocenters. The second-order valence-corrected chi connectivity index (χ2v) is 6.82. The summed E-state index contributed by atoms with van der Waals surface area (Å²) in [5.41, 5.74) is 6.40. The Kier molecular flexibility index (Phi) is 17.8. The molecule has 27 heavy (non-hydrogen) atoms. The molecule has 0 aromatic carbocycles. The molecule has 160 valence electrons. The maximum atomic E-state index is 5.73. The van der Waals surface area contributed by atoms with Crippen LogP contribution >= 0.6 is 0 Å². The van der Waals surface area contributed by atoms with Crippen molar-refractivity contribution in [1.29, 1.82) is 0 Å². The van der Waals surface area contributed by atoms with Crippen LogP contribution in [0.25, 0.3) is 0 Å². The van der Waals surface area contributed by atoms with Gasteiger partial charge in [-0.15, -0.1) is 0 Å². The number of rotatable bonds is 17. The van der Waals surface area contributed by atoms with Crippen LogP contribution in [-0.4, -0.2) is 58.1 Å². The van der Waals surface area contributed by atoms with Gasteiger partial charge in [-0.2, -0.15) is 0 Å². The van der Waals surface area contributed by atoms with Crippen molar-refractivity contribution in [3.05, 3.63) is 11.8 Å². The molecule has 0 spiro atoms. The van der Waals surface area contributed by atoms with Gasteiger partial charge in [0.25, 0.3) is 0 Å². The van der Waals surface area contributed by atoms with Gasteiger partial charge in [0.1, 0.15) is 5.84 Å². The molecular weight excluding hydrogens is 342 g/mol. The lowest BCUT2D eigenvalue weighted by atomic mass is 10.1. The highest BCUT2D eigenvalue weighted by Crippen LogP contribution is 2.10. The fraction of sp³-hybridized carbons (Fsp3) is 0.857. The molecule has 0 rings (SSSR count). The predicted molar refractivity (Wildman–Crippen MR) is 114 cm³/mol. The van der Waals surface area contributed by atoms with Gasteiger partial charge in [-0.3, -0.25) is 4.99 Å². The van der Waals surface area contributed by atoms with Crippen molar-refractivity contribution in [3.8, 4) is 0 Å². The molecule has 0 aromatic heterocycles. The Balaban J connectivity index is 4.25. The fourth-order valence-corrected chi connectivity index (χ4v) is 2.34. The summed E-state index contributed by atoms with van der Waals surface area (Å²) >= 11 is 0. The lowest BCUT2D eigenvalue weighted by Crippen LogP contribution is -2.32. The average Bonchev–Trinajstić information content (AvgIpc) is 2.68. The van der Waals surface area contributed by atoms with Gasteiger partial charge in [0, 0.05) is 24.2 Å². The molecule has 3 N–H and O–H groups in total. The topological polar surface area (TPSA) is 78.1 Å². The maximum Gasteiger partial charge on any atom is 0.104 e. The summed E-state index contributed by atoms with van der Waals surface area (Å²) in [4.78, 5) is 4.93. The van der Waals surface area contributed by atoms with Gasteiger partial charge in [-0.1, -0.05) is 39.7 Å². The van der Waals surface area contributed by atoms with Crippen molar-refractivity contribution in [1.82, 2.24) is 5.32 Å². The van der Waals surface area contributed by atoms with Crippen molar-refractivity contribution in [3.63, 3.8) is 0 Å². The monoisotopic (exact) mass is 385 g/mol. The van der Waals surface area contributed by atoms with E-state index in [-0.39, 0.29) is 0 Å². The van der Waals surface area contributed by atoms with Crippen LogP contribution < -0.4 is 11.1 Å². The van der Waals surface area contributed by atoms with Crippen LogP contribution in [0.15, 0.2) is 16.8 Å². The van der Waals surface area contributed by atoms with Crippen molar-refractivity contribution in [2.75, 3.05) is 46.2 Å². The van der Waals surface area contributed by atoms with E-state index in [9.17, 15) is 0 Å². The number of aliphatic imine (C=N–C) groups is 1. The highest BCUT2D eigenvalue weighted by Gasteiger charge is 2.12. The standard InChI is InChI=1S/C21H43N3O3/c1-6-9-10-19(5)23-21(18(4)7-2)24-20(8-3)17-27-16-15-26-14-13-25-12-11-22/h8,18-19H,6-7,9-17,22H2,1-5H3,(H,23,24)/b20-8-. The van der Waals surface area contributed by atoms with E-state index in [4.69, 9.17) is 24.9 Å². The molecule has 2 unspecified atom stereocenters. The summed E-state index contributed by atoms with van der Waals surface area (Å²) in [5, 5.41) is 3.50. The Labute approximate surface area is 166 Å². The molecule has 6 heteroatoms. The molecule has 0 amide bonds. The van der Waals surface area contributed by atoms with E-state index in [1.54, 1.807) is 0 Å². The van der Waals surface area contributed by atoms with E-state index in [0.29, 0.717) is 58.1 Å². The normalized spacial score (nSPS) is 15.0. The third-order valence-electron chi connectivity index (χ3n) is 4.31. The second kappa shape index (κ2) is 18.4. The van der Waals surface area contributed by atoms with Crippen LogP contribution in [0.2, 0.25) is 0 Å². The van der Waals surface area contributed by atoms with Crippen molar-refractivity contribution < 1.29 is 14.2 Å². The van der Waals surface area contributed by atoms with Gasteiger partial charge in [-0.05, 0) is 26.7 Å². The number of ether oxygens (including phenoxy) is 3. The summed E-state index contributed by atoms with van der Waals surface area (Å²) in [7, 11) is 0. The molecule has 0 aliphatic carbocycles. The van der Waals surface area contributed by atoms with Crippen LogP contribution in [-0.2, 0) is 14.2 Å².